The first kappa shape index (κ1) is 18.0. The third-order valence-electron chi connectivity index (χ3n) is 3.58. The maximum Gasteiger partial charge on any atom is 0.127 e. The standard InChI is InChI=1S/C18H26ClFO/c1-6-21-13(2)15(8-7-11-19)16-12-14(18(3,4)5)9-10-17(16)20/h9-10,12,15H,2,6-8,11H2,1,3-5H3. The Bertz CT molecular complexity index is 477. The third kappa shape index (κ3) is 5.03. The van der Waals surface area contributed by atoms with Crippen LogP contribution in [-0.4, -0.2) is 12.5 Å². The molecule has 0 fully saturated rings. The Morgan fingerprint density at radius 1 is 1.38 bits per heavy atom. The molecule has 1 aromatic carbocycles. The summed E-state index contributed by atoms with van der Waals surface area (Å²) in [6, 6.07) is 5.34. The van der Waals surface area contributed by atoms with E-state index >= 15 is 0 Å². The van der Waals surface area contributed by atoms with Crippen LogP contribution in [0, 0.1) is 5.82 Å². The zero-order chi connectivity index (χ0) is 16.0. The molecule has 0 aliphatic heterocycles. The van der Waals surface area contributed by atoms with Crippen LogP contribution in [-0.2, 0) is 10.2 Å². The van der Waals surface area contributed by atoms with Gasteiger partial charge in [-0.15, -0.1) is 11.6 Å². The van der Waals surface area contributed by atoms with E-state index in [-0.39, 0.29) is 17.2 Å². The normalized spacial score (nSPS) is 13.0. The predicted molar refractivity (Wildman–Crippen MR) is 88.6 cm³/mol. The molecule has 0 aromatic heterocycles. The quantitative estimate of drug-likeness (QED) is 0.458. The van der Waals surface area contributed by atoms with Crippen molar-refractivity contribution >= 4 is 11.6 Å². The first-order valence-corrected chi connectivity index (χ1v) is 8.02. The SMILES string of the molecule is C=C(OCC)C(CCCCl)c1cc(C(C)(C)C)ccc1F. The molecule has 0 aliphatic carbocycles. The average molecular weight is 313 g/mol. The summed E-state index contributed by atoms with van der Waals surface area (Å²) in [5.41, 5.74) is 1.75. The Morgan fingerprint density at radius 3 is 2.57 bits per heavy atom. The molecule has 1 unspecified atom stereocenters. The van der Waals surface area contributed by atoms with Crippen LogP contribution >= 0.6 is 11.6 Å². The smallest absolute Gasteiger partial charge is 0.127 e. The van der Waals surface area contributed by atoms with Gasteiger partial charge in [0.1, 0.15) is 5.82 Å². The van der Waals surface area contributed by atoms with Crippen LogP contribution < -0.4 is 0 Å². The second-order valence-electron chi connectivity index (χ2n) is 6.27. The summed E-state index contributed by atoms with van der Waals surface area (Å²) >= 11 is 5.79. The molecule has 0 bridgehead atoms. The van der Waals surface area contributed by atoms with E-state index in [2.05, 4.69) is 27.4 Å². The Kier molecular flexibility index (Phi) is 6.73. The second-order valence-corrected chi connectivity index (χ2v) is 6.65. The van der Waals surface area contributed by atoms with Crippen LogP contribution in [0.5, 0.6) is 0 Å². The number of hydrogen-bond donors (Lipinski definition) is 0. The molecule has 0 radical (unpaired) electrons. The summed E-state index contributed by atoms with van der Waals surface area (Å²) in [6.07, 6.45) is 1.55. The van der Waals surface area contributed by atoms with E-state index in [1.165, 1.54) is 0 Å². The van der Waals surface area contributed by atoms with Crippen molar-refractivity contribution in [1.82, 2.24) is 0 Å². The zero-order valence-corrected chi connectivity index (χ0v) is 14.3. The molecular formula is C18H26ClFO. The fourth-order valence-electron chi connectivity index (χ4n) is 2.33. The molecule has 0 saturated heterocycles. The predicted octanol–water partition coefficient (Wildman–Crippen LogP) is 5.78. The number of alkyl halides is 1. The fourth-order valence-corrected chi connectivity index (χ4v) is 2.49. The Morgan fingerprint density at radius 2 is 2.05 bits per heavy atom. The van der Waals surface area contributed by atoms with Gasteiger partial charge in [0.25, 0.3) is 0 Å². The van der Waals surface area contributed by atoms with Crippen molar-refractivity contribution in [3.05, 3.63) is 47.5 Å². The lowest BCUT2D eigenvalue weighted by Crippen LogP contribution is -2.14. The summed E-state index contributed by atoms with van der Waals surface area (Å²) in [5.74, 6) is 0.818. The largest absolute Gasteiger partial charge is 0.498 e. The van der Waals surface area contributed by atoms with Gasteiger partial charge in [0.15, 0.2) is 0 Å². The molecule has 1 rings (SSSR count). The van der Waals surface area contributed by atoms with Crippen LogP contribution in [0.25, 0.3) is 0 Å². The van der Waals surface area contributed by atoms with Crippen LogP contribution in [0.1, 0.15) is 57.6 Å². The van der Waals surface area contributed by atoms with Gasteiger partial charge in [-0.3, -0.25) is 0 Å². The van der Waals surface area contributed by atoms with E-state index in [1.54, 1.807) is 6.07 Å². The summed E-state index contributed by atoms with van der Waals surface area (Å²) in [4.78, 5) is 0. The van der Waals surface area contributed by atoms with Crippen molar-refractivity contribution in [3.8, 4) is 0 Å². The Labute approximate surface area is 133 Å². The molecule has 0 heterocycles. The highest BCUT2D eigenvalue weighted by Crippen LogP contribution is 2.34. The second kappa shape index (κ2) is 7.84. The van der Waals surface area contributed by atoms with E-state index in [9.17, 15) is 4.39 Å². The molecule has 0 spiro atoms. The van der Waals surface area contributed by atoms with Gasteiger partial charge in [-0.2, -0.15) is 0 Å². The number of allylic oxidation sites excluding steroid dienone is 1. The van der Waals surface area contributed by atoms with Crippen molar-refractivity contribution in [2.45, 2.75) is 51.9 Å². The van der Waals surface area contributed by atoms with Crippen molar-refractivity contribution in [2.24, 2.45) is 0 Å². The van der Waals surface area contributed by atoms with Gasteiger partial charge in [-0.25, -0.2) is 4.39 Å². The highest BCUT2D eigenvalue weighted by molar-refractivity contribution is 6.17. The van der Waals surface area contributed by atoms with E-state index < -0.39 is 0 Å². The maximum atomic E-state index is 14.3. The lowest BCUT2D eigenvalue weighted by Gasteiger charge is -2.24. The fraction of sp³-hybridized carbons (Fsp3) is 0.556. The van der Waals surface area contributed by atoms with Crippen molar-refractivity contribution in [2.75, 3.05) is 12.5 Å². The highest BCUT2D eigenvalue weighted by Gasteiger charge is 2.23. The minimum absolute atomic E-state index is 0.0214. The van der Waals surface area contributed by atoms with Gasteiger partial charge >= 0.3 is 0 Å². The monoisotopic (exact) mass is 312 g/mol. The zero-order valence-electron chi connectivity index (χ0n) is 13.5. The highest BCUT2D eigenvalue weighted by atomic mass is 35.5. The lowest BCUT2D eigenvalue weighted by atomic mass is 9.83. The molecular weight excluding hydrogens is 287 g/mol. The van der Waals surface area contributed by atoms with Crippen LogP contribution in [0.15, 0.2) is 30.5 Å². The molecule has 1 aromatic rings. The van der Waals surface area contributed by atoms with Gasteiger partial charge < -0.3 is 4.74 Å². The molecule has 1 nitrogen and oxygen atoms in total. The number of ether oxygens (including phenoxy) is 1. The number of rotatable bonds is 7. The van der Waals surface area contributed by atoms with Gasteiger partial charge in [0.05, 0.1) is 12.4 Å². The van der Waals surface area contributed by atoms with Crippen LogP contribution in [0.2, 0.25) is 0 Å². The lowest BCUT2D eigenvalue weighted by molar-refractivity contribution is 0.206. The summed E-state index contributed by atoms with van der Waals surface area (Å²) in [7, 11) is 0. The molecule has 0 N–H and O–H groups in total. The minimum atomic E-state index is -0.205. The minimum Gasteiger partial charge on any atom is -0.498 e. The van der Waals surface area contributed by atoms with E-state index in [4.69, 9.17) is 16.3 Å². The van der Waals surface area contributed by atoms with E-state index in [0.29, 0.717) is 23.8 Å². The van der Waals surface area contributed by atoms with Gasteiger partial charge in [-0.05, 0) is 42.4 Å². The number of hydrogen-bond acceptors (Lipinski definition) is 1. The van der Waals surface area contributed by atoms with Crippen molar-refractivity contribution < 1.29 is 9.13 Å². The van der Waals surface area contributed by atoms with Crippen LogP contribution in [0.3, 0.4) is 0 Å². The number of halogens is 2. The summed E-state index contributed by atoms with van der Waals surface area (Å²) < 4.78 is 19.8. The number of benzene rings is 1. The Hall–Kier alpha value is -1.02. The van der Waals surface area contributed by atoms with Gasteiger partial charge in [-0.1, -0.05) is 39.5 Å². The molecule has 0 aliphatic rings. The van der Waals surface area contributed by atoms with Crippen molar-refractivity contribution in [3.63, 3.8) is 0 Å². The molecule has 0 saturated carbocycles. The summed E-state index contributed by atoms with van der Waals surface area (Å²) in [6.45, 7) is 12.8. The topological polar surface area (TPSA) is 9.23 Å². The maximum absolute atomic E-state index is 14.3. The molecule has 0 amide bonds. The molecule has 3 heteroatoms. The van der Waals surface area contributed by atoms with Crippen molar-refractivity contribution in [1.29, 1.82) is 0 Å². The third-order valence-corrected chi connectivity index (χ3v) is 3.85. The molecule has 118 valence electrons. The average Bonchev–Trinajstić information content (AvgIpc) is 2.40. The van der Waals surface area contributed by atoms with E-state index in [0.717, 1.165) is 18.4 Å². The molecule has 1 atom stereocenters. The Balaban J connectivity index is 3.19. The first-order valence-electron chi connectivity index (χ1n) is 7.48. The van der Waals surface area contributed by atoms with Gasteiger partial charge in [0.2, 0.25) is 0 Å². The molecule has 21 heavy (non-hydrogen) atoms. The van der Waals surface area contributed by atoms with Gasteiger partial charge in [0, 0.05) is 11.8 Å². The van der Waals surface area contributed by atoms with E-state index in [1.807, 2.05) is 19.1 Å². The first-order chi connectivity index (χ1) is 9.81. The van der Waals surface area contributed by atoms with Crippen LogP contribution in [0.4, 0.5) is 4.39 Å². The summed E-state index contributed by atoms with van der Waals surface area (Å²) in [5, 5.41) is 0.